The molecular weight excluding hydrogens is 314 g/mol. The molecule has 0 saturated carbocycles. The lowest BCUT2D eigenvalue weighted by molar-refractivity contribution is -0.120. The van der Waals surface area contributed by atoms with Gasteiger partial charge in [-0.3, -0.25) is 9.78 Å². The fourth-order valence-electron chi connectivity index (χ4n) is 2.76. The zero-order valence-corrected chi connectivity index (χ0v) is 15.1. The highest BCUT2D eigenvalue weighted by atomic mass is 16.3. The summed E-state index contributed by atoms with van der Waals surface area (Å²) in [6.45, 7) is 6.63. The number of nitrogens with zero attached hydrogens (tertiary/aromatic N) is 1. The quantitative estimate of drug-likeness (QED) is 0.689. The number of carbonyl (C=O) groups is 1. The average Bonchev–Trinajstić information content (AvgIpc) is 2.61. The van der Waals surface area contributed by atoms with Crippen molar-refractivity contribution in [2.75, 3.05) is 13.2 Å². The summed E-state index contributed by atoms with van der Waals surface area (Å²) in [5.74, 6) is -0.0795. The molecular formula is C20H27N3O2. The van der Waals surface area contributed by atoms with E-state index in [1.165, 1.54) is 5.56 Å². The summed E-state index contributed by atoms with van der Waals surface area (Å²) in [5, 5.41) is 15.9. The lowest BCUT2D eigenvalue weighted by atomic mass is 9.81. The van der Waals surface area contributed by atoms with Gasteiger partial charge in [0.2, 0.25) is 5.91 Å². The van der Waals surface area contributed by atoms with Gasteiger partial charge in [-0.15, -0.1) is 0 Å². The van der Waals surface area contributed by atoms with Crippen molar-refractivity contribution in [2.24, 2.45) is 5.41 Å². The first-order valence-electron chi connectivity index (χ1n) is 8.49. The van der Waals surface area contributed by atoms with Gasteiger partial charge in [-0.2, -0.15) is 0 Å². The van der Waals surface area contributed by atoms with Crippen LogP contribution >= 0.6 is 0 Å². The Labute approximate surface area is 149 Å². The van der Waals surface area contributed by atoms with Crippen molar-refractivity contribution < 1.29 is 9.90 Å². The molecule has 5 heteroatoms. The summed E-state index contributed by atoms with van der Waals surface area (Å²) in [6, 6.07) is 11.7. The van der Waals surface area contributed by atoms with Gasteiger partial charge < -0.3 is 15.7 Å². The van der Waals surface area contributed by atoms with Crippen LogP contribution in [0.25, 0.3) is 0 Å². The van der Waals surface area contributed by atoms with Gasteiger partial charge in [0.25, 0.3) is 0 Å². The molecule has 0 spiro atoms. The molecule has 0 aliphatic heterocycles. The number of aliphatic hydroxyl groups excluding tert-OH is 1. The summed E-state index contributed by atoms with van der Waals surface area (Å²) >= 11 is 0. The Morgan fingerprint density at radius 1 is 1.28 bits per heavy atom. The molecule has 1 aromatic carbocycles. The molecule has 0 saturated heterocycles. The second kappa shape index (κ2) is 8.74. The molecule has 2 aromatic rings. The molecule has 1 atom stereocenters. The van der Waals surface area contributed by atoms with Crippen molar-refractivity contribution >= 4 is 5.91 Å². The molecule has 1 aromatic heterocycles. The molecule has 0 radical (unpaired) electrons. The van der Waals surface area contributed by atoms with Crippen LogP contribution in [0, 0.1) is 12.3 Å². The number of aromatic nitrogens is 1. The molecule has 3 N–H and O–H groups in total. The highest BCUT2D eigenvalue weighted by molar-refractivity contribution is 5.78. The Morgan fingerprint density at radius 2 is 2.08 bits per heavy atom. The van der Waals surface area contributed by atoms with Gasteiger partial charge in [-0.1, -0.05) is 49.7 Å². The van der Waals surface area contributed by atoms with Gasteiger partial charge in [0.05, 0.1) is 6.54 Å². The molecule has 1 heterocycles. The summed E-state index contributed by atoms with van der Waals surface area (Å²) in [7, 11) is 0. The fourth-order valence-corrected chi connectivity index (χ4v) is 2.76. The van der Waals surface area contributed by atoms with E-state index in [0.717, 1.165) is 11.1 Å². The molecule has 0 aliphatic rings. The van der Waals surface area contributed by atoms with Gasteiger partial charge in [0.1, 0.15) is 0 Å². The third kappa shape index (κ3) is 5.66. The Bertz CT molecular complexity index is 686. The predicted molar refractivity (Wildman–Crippen MR) is 98.9 cm³/mol. The number of carbonyl (C=O) groups excluding carboxylic acids is 1. The Balaban J connectivity index is 1.94. The number of aliphatic hydroxyl groups is 1. The van der Waals surface area contributed by atoms with Crippen LogP contribution in [0.1, 0.15) is 36.6 Å². The minimum atomic E-state index is -0.417. The molecule has 134 valence electrons. The molecule has 5 nitrogen and oxygen atoms in total. The number of nitrogens with one attached hydrogen (secondary N) is 2. The zero-order valence-electron chi connectivity index (χ0n) is 15.1. The lowest BCUT2D eigenvalue weighted by Crippen LogP contribution is -2.42. The Morgan fingerprint density at radius 3 is 2.72 bits per heavy atom. The lowest BCUT2D eigenvalue weighted by Gasteiger charge is -2.33. The second-order valence-electron chi connectivity index (χ2n) is 7.01. The predicted octanol–water partition coefficient (Wildman–Crippen LogP) is 2.36. The Hall–Kier alpha value is -2.24. The van der Waals surface area contributed by atoms with Crippen LogP contribution in [0.4, 0.5) is 0 Å². The summed E-state index contributed by atoms with van der Waals surface area (Å²) in [6.07, 6.45) is 3.47. The van der Waals surface area contributed by atoms with Crippen molar-refractivity contribution in [3.05, 3.63) is 65.5 Å². The topological polar surface area (TPSA) is 74.2 Å². The van der Waals surface area contributed by atoms with Crippen LogP contribution in [-0.2, 0) is 11.3 Å². The van der Waals surface area contributed by atoms with Crippen molar-refractivity contribution in [2.45, 2.75) is 33.4 Å². The second-order valence-corrected chi connectivity index (χ2v) is 7.01. The van der Waals surface area contributed by atoms with Crippen molar-refractivity contribution in [3.63, 3.8) is 0 Å². The van der Waals surface area contributed by atoms with E-state index >= 15 is 0 Å². The van der Waals surface area contributed by atoms with Crippen molar-refractivity contribution in [1.82, 2.24) is 15.6 Å². The fraction of sp³-hybridized carbons (Fsp3) is 0.400. The molecule has 1 unspecified atom stereocenters. The molecule has 25 heavy (non-hydrogen) atoms. The highest BCUT2D eigenvalue weighted by Gasteiger charge is 2.30. The van der Waals surface area contributed by atoms with E-state index in [1.807, 2.05) is 51.1 Å². The third-order valence-corrected chi connectivity index (χ3v) is 4.25. The van der Waals surface area contributed by atoms with Crippen LogP contribution in [-0.4, -0.2) is 29.1 Å². The number of pyridine rings is 1. The van der Waals surface area contributed by atoms with Gasteiger partial charge >= 0.3 is 0 Å². The van der Waals surface area contributed by atoms with Crippen molar-refractivity contribution in [1.29, 1.82) is 0 Å². The van der Waals surface area contributed by atoms with E-state index in [9.17, 15) is 9.90 Å². The number of amides is 1. The molecule has 0 aliphatic carbocycles. The monoisotopic (exact) mass is 341 g/mol. The van der Waals surface area contributed by atoms with E-state index in [4.69, 9.17) is 0 Å². The maximum atomic E-state index is 12.2. The minimum absolute atomic E-state index is 0.00444. The SMILES string of the molecule is Cc1cccc(CNC(=O)CNC(c2cccnc2)C(C)(C)CO)c1. The van der Waals surface area contributed by atoms with Gasteiger partial charge in [-0.05, 0) is 24.1 Å². The third-order valence-electron chi connectivity index (χ3n) is 4.25. The number of hydrogen-bond acceptors (Lipinski definition) is 4. The molecule has 0 bridgehead atoms. The first-order valence-corrected chi connectivity index (χ1v) is 8.49. The van der Waals surface area contributed by atoms with Crippen LogP contribution < -0.4 is 10.6 Å². The number of benzene rings is 1. The van der Waals surface area contributed by atoms with Crippen LogP contribution in [0.2, 0.25) is 0 Å². The van der Waals surface area contributed by atoms with Gasteiger partial charge in [0.15, 0.2) is 0 Å². The zero-order chi connectivity index (χ0) is 18.3. The van der Waals surface area contributed by atoms with Gasteiger partial charge in [-0.25, -0.2) is 0 Å². The maximum absolute atomic E-state index is 12.2. The van der Waals surface area contributed by atoms with Crippen LogP contribution in [0.5, 0.6) is 0 Å². The first-order chi connectivity index (χ1) is 11.9. The smallest absolute Gasteiger partial charge is 0.234 e. The molecule has 1 amide bonds. The van der Waals surface area contributed by atoms with E-state index in [2.05, 4.69) is 21.7 Å². The molecule has 0 fully saturated rings. The maximum Gasteiger partial charge on any atom is 0.234 e. The van der Waals surface area contributed by atoms with Gasteiger partial charge in [0, 0.05) is 37.0 Å². The first kappa shape index (κ1) is 19.1. The number of hydrogen-bond donors (Lipinski definition) is 3. The summed E-state index contributed by atoms with van der Waals surface area (Å²) < 4.78 is 0. The van der Waals surface area contributed by atoms with E-state index < -0.39 is 5.41 Å². The molecule has 2 rings (SSSR count). The highest BCUT2D eigenvalue weighted by Crippen LogP contribution is 2.32. The number of aryl methyl sites for hydroxylation is 1. The average molecular weight is 341 g/mol. The van der Waals surface area contributed by atoms with Crippen molar-refractivity contribution in [3.8, 4) is 0 Å². The number of rotatable bonds is 8. The van der Waals surface area contributed by atoms with Crippen LogP contribution in [0.15, 0.2) is 48.8 Å². The normalized spacial score (nSPS) is 12.6. The summed E-state index contributed by atoms with van der Waals surface area (Å²) in [5.41, 5.74) is 2.78. The van der Waals surface area contributed by atoms with E-state index in [0.29, 0.717) is 6.54 Å². The Kier molecular flexibility index (Phi) is 6.67. The van der Waals surface area contributed by atoms with E-state index in [-0.39, 0.29) is 25.1 Å². The minimum Gasteiger partial charge on any atom is -0.396 e. The van der Waals surface area contributed by atoms with Crippen LogP contribution in [0.3, 0.4) is 0 Å². The van der Waals surface area contributed by atoms with E-state index in [1.54, 1.807) is 12.4 Å². The largest absolute Gasteiger partial charge is 0.396 e. The standard InChI is InChI=1S/C20H27N3O2/c1-15-6-4-7-16(10-15)11-22-18(25)13-23-19(20(2,3)14-24)17-8-5-9-21-12-17/h4-10,12,19,23-24H,11,13-14H2,1-3H3,(H,22,25). The summed E-state index contributed by atoms with van der Waals surface area (Å²) in [4.78, 5) is 16.3.